The molecule has 11 heteroatoms. The molecule has 0 atom stereocenters. The van der Waals surface area contributed by atoms with Crippen molar-refractivity contribution in [2.45, 2.75) is 9.79 Å². The lowest BCUT2D eigenvalue weighted by Gasteiger charge is -2.17. The number of carbonyl (C=O) groups excluding carboxylic acids is 3. The van der Waals surface area contributed by atoms with Crippen molar-refractivity contribution in [3.63, 3.8) is 0 Å². The maximum atomic E-state index is 12.7. The third-order valence-corrected chi connectivity index (χ3v) is 6.75. The Morgan fingerprint density at radius 3 is 1.94 bits per heavy atom. The summed E-state index contributed by atoms with van der Waals surface area (Å²) in [4.78, 5) is 37.1. The fraction of sp³-hybridized carbons (Fsp3) is 0.250. The van der Waals surface area contributed by atoms with Crippen LogP contribution in [0.5, 0.6) is 0 Å². The molecule has 0 heterocycles. The fourth-order valence-electron chi connectivity index (χ4n) is 2.59. The highest BCUT2D eigenvalue weighted by Crippen LogP contribution is 2.20. The lowest BCUT2D eigenvalue weighted by molar-refractivity contribution is -0.116. The Kier molecular flexibility index (Phi) is 8.20. The van der Waals surface area contributed by atoms with E-state index in [0.29, 0.717) is 0 Å². The second-order valence-electron chi connectivity index (χ2n) is 6.27. The zero-order chi connectivity index (χ0) is 23.2. The van der Waals surface area contributed by atoms with Crippen molar-refractivity contribution >= 4 is 45.3 Å². The third kappa shape index (κ3) is 6.06. The zero-order valence-corrected chi connectivity index (χ0v) is 19.0. The smallest absolute Gasteiger partial charge is 0.337 e. The molecule has 0 spiro atoms. The van der Waals surface area contributed by atoms with Crippen LogP contribution in [0.3, 0.4) is 0 Å². The number of anilines is 1. The van der Waals surface area contributed by atoms with Crippen LogP contribution in [0, 0.1) is 0 Å². The zero-order valence-electron chi connectivity index (χ0n) is 17.4. The number of hydrogen-bond donors (Lipinski definition) is 1. The van der Waals surface area contributed by atoms with E-state index >= 15 is 0 Å². The van der Waals surface area contributed by atoms with E-state index in [2.05, 4.69) is 14.8 Å². The van der Waals surface area contributed by atoms with E-state index in [9.17, 15) is 22.8 Å². The summed E-state index contributed by atoms with van der Waals surface area (Å²) in [5, 5.41) is 2.49. The first-order valence-corrected chi connectivity index (χ1v) is 11.5. The molecule has 0 saturated carbocycles. The highest BCUT2D eigenvalue weighted by molar-refractivity contribution is 7.98. The molecule has 31 heavy (non-hydrogen) atoms. The minimum absolute atomic E-state index is 0.0237. The first-order valence-electron chi connectivity index (χ1n) is 8.84. The standard InChI is InChI=1S/C20H22N2O7S2/c1-22(31(26,27)17-7-5-16(30-4)6-8-17)12-18(23)21-15-10-13(19(24)28-2)9-14(11-15)20(25)29-3/h5-11H,12H2,1-4H3,(H,21,23). The Balaban J connectivity index is 2.20. The van der Waals surface area contributed by atoms with Gasteiger partial charge in [0.15, 0.2) is 0 Å². The molecule has 2 rings (SSSR count). The van der Waals surface area contributed by atoms with E-state index in [4.69, 9.17) is 0 Å². The van der Waals surface area contributed by atoms with E-state index in [1.54, 1.807) is 12.1 Å². The second kappa shape index (κ2) is 10.4. The molecule has 0 aliphatic carbocycles. The van der Waals surface area contributed by atoms with Gasteiger partial charge in [-0.15, -0.1) is 11.8 Å². The molecule has 9 nitrogen and oxygen atoms in total. The van der Waals surface area contributed by atoms with E-state index < -0.39 is 34.4 Å². The van der Waals surface area contributed by atoms with Crippen LogP contribution in [0.25, 0.3) is 0 Å². The summed E-state index contributed by atoms with van der Waals surface area (Å²) >= 11 is 1.48. The van der Waals surface area contributed by atoms with Crippen LogP contribution in [-0.2, 0) is 24.3 Å². The maximum Gasteiger partial charge on any atom is 0.337 e. The summed E-state index contributed by atoms with van der Waals surface area (Å²) < 4.78 is 35.6. The van der Waals surface area contributed by atoms with Gasteiger partial charge in [-0.1, -0.05) is 0 Å². The van der Waals surface area contributed by atoms with Gasteiger partial charge in [0.25, 0.3) is 0 Å². The van der Waals surface area contributed by atoms with Gasteiger partial charge in [-0.25, -0.2) is 18.0 Å². The molecule has 0 fully saturated rings. The molecule has 0 bridgehead atoms. The molecule has 1 amide bonds. The van der Waals surface area contributed by atoms with Crippen molar-refractivity contribution in [2.75, 3.05) is 39.4 Å². The first-order chi connectivity index (χ1) is 14.6. The predicted molar refractivity (Wildman–Crippen MR) is 116 cm³/mol. The van der Waals surface area contributed by atoms with Crippen LogP contribution in [0.4, 0.5) is 5.69 Å². The van der Waals surface area contributed by atoms with Crippen LogP contribution in [0.2, 0.25) is 0 Å². The number of hydrogen-bond acceptors (Lipinski definition) is 8. The topological polar surface area (TPSA) is 119 Å². The van der Waals surface area contributed by atoms with Crippen LogP contribution < -0.4 is 5.32 Å². The highest BCUT2D eigenvalue weighted by Gasteiger charge is 2.23. The number of nitrogens with one attached hydrogen (secondary N) is 1. The van der Waals surface area contributed by atoms with E-state index in [1.165, 1.54) is 63.4 Å². The molecule has 0 aliphatic heterocycles. The largest absolute Gasteiger partial charge is 0.465 e. The Labute approximate surface area is 184 Å². The van der Waals surface area contributed by atoms with Crippen molar-refractivity contribution in [3.05, 3.63) is 53.6 Å². The number of esters is 2. The van der Waals surface area contributed by atoms with E-state index in [-0.39, 0.29) is 21.7 Å². The quantitative estimate of drug-likeness (QED) is 0.465. The summed E-state index contributed by atoms with van der Waals surface area (Å²) in [6.07, 6.45) is 1.88. The number of ether oxygens (including phenoxy) is 2. The summed E-state index contributed by atoms with van der Waals surface area (Å²) in [5.74, 6) is -2.09. The summed E-state index contributed by atoms with van der Waals surface area (Å²) in [6.45, 7) is -0.484. The van der Waals surface area contributed by atoms with Gasteiger partial charge in [-0.05, 0) is 48.7 Å². The third-order valence-electron chi connectivity index (χ3n) is 4.19. The Hall–Kier alpha value is -2.89. The number of rotatable bonds is 8. The van der Waals surface area contributed by atoms with Crippen molar-refractivity contribution < 1.29 is 32.3 Å². The summed E-state index contributed by atoms with van der Waals surface area (Å²) in [6, 6.07) is 10.2. The van der Waals surface area contributed by atoms with Crippen molar-refractivity contribution in [2.24, 2.45) is 0 Å². The SMILES string of the molecule is COC(=O)c1cc(NC(=O)CN(C)S(=O)(=O)c2ccc(SC)cc2)cc(C(=O)OC)c1. The van der Waals surface area contributed by atoms with Crippen LogP contribution in [0.15, 0.2) is 52.3 Å². The van der Waals surface area contributed by atoms with Gasteiger partial charge in [-0.2, -0.15) is 4.31 Å². The number of amides is 1. The van der Waals surface area contributed by atoms with Gasteiger partial charge in [-0.3, -0.25) is 4.79 Å². The monoisotopic (exact) mass is 466 g/mol. The minimum Gasteiger partial charge on any atom is -0.465 e. The van der Waals surface area contributed by atoms with Gasteiger partial charge in [0.1, 0.15) is 0 Å². The average molecular weight is 467 g/mol. The number of sulfonamides is 1. The molecule has 0 aromatic heterocycles. The average Bonchev–Trinajstić information content (AvgIpc) is 2.77. The van der Waals surface area contributed by atoms with Crippen molar-refractivity contribution in [3.8, 4) is 0 Å². The normalized spacial score (nSPS) is 11.1. The molecule has 1 N–H and O–H groups in total. The lowest BCUT2D eigenvalue weighted by atomic mass is 10.1. The molecule has 0 unspecified atom stereocenters. The van der Waals surface area contributed by atoms with E-state index in [0.717, 1.165) is 9.20 Å². The van der Waals surface area contributed by atoms with Crippen molar-refractivity contribution in [1.82, 2.24) is 4.31 Å². The first kappa shape index (κ1) is 24.4. The Morgan fingerprint density at radius 2 is 1.48 bits per heavy atom. The number of nitrogens with zero attached hydrogens (tertiary/aromatic N) is 1. The lowest BCUT2D eigenvalue weighted by Crippen LogP contribution is -2.35. The fourth-order valence-corrected chi connectivity index (χ4v) is 4.12. The van der Waals surface area contributed by atoms with Gasteiger partial charge < -0.3 is 14.8 Å². The molecular formula is C20H22N2O7S2. The number of methoxy groups -OCH3 is 2. The van der Waals surface area contributed by atoms with Crippen LogP contribution in [0.1, 0.15) is 20.7 Å². The van der Waals surface area contributed by atoms with Crippen LogP contribution in [-0.4, -0.2) is 64.6 Å². The number of benzene rings is 2. The molecule has 166 valence electrons. The molecule has 0 aliphatic rings. The molecule has 2 aromatic rings. The van der Waals surface area contributed by atoms with Crippen molar-refractivity contribution in [1.29, 1.82) is 0 Å². The molecule has 0 saturated heterocycles. The van der Waals surface area contributed by atoms with Gasteiger partial charge in [0.2, 0.25) is 15.9 Å². The van der Waals surface area contributed by atoms with Gasteiger partial charge in [0, 0.05) is 17.6 Å². The summed E-state index contributed by atoms with van der Waals surface area (Å²) in [5.41, 5.74) is 0.162. The molecule has 0 radical (unpaired) electrons. The Morgan fingerprint density at radius 1 is 0.968 bits per heavy atom. The predicted octanol–water partition coefficient (Wildman–Crippen LogP) is 2.24. The highest BCUT2D eigenvalue weighted by atomic mass is 32.2. The molecule has 2 aromatic carbocycles. The van der Waals surface area contributed by atoms with E-state index in [1.807, 2.05) is 6.26 Å². The maximum absolute atomic E-state index is 12.7. The van der Waals surface area contributed by atoms with Crippen LogP contribution >= 0.6 is 11.8 Å². The van der Waals surface area contributed by atoms with Gasteiger partial charge >= 0.3 is 11.9 Å². The van der Waals surface area contributed by atoms with Gasteiger partial charge in [0.05, 0.1) is 36.8 Å². The summed E-state index contributed by atoms with van der Waals surface area (Å²) in [7, 11) is -0.252. The molecular weight excluding hydrogens is 444 g/mol. The number of thioether (sulfide) groups is 1. The number of carbonyl (C=O) groups is 3. The minimum atomic E-state index is -3.89. The Bertz CT molecular complexity index is 1050. The number of likely N-dealkylation sites (N-methyl/N-ethyl adjacent to an activating group) is 1. The second-order valence-corrected chi connectivity index (χ2v) is 9.19.